The number of fused-ring (bicyclic) bond motifs is 1. The zero-order valence-electron chi connectivity index (χ0n) is 15.7. The first-order valence-corrected chi connectivity index (χ1v) is 10.7. The van der Waals surface area contributed by atoms with Gasteiger partial charge in [-0.1, -0.05) is 30.3 Å². The molecule has 0 saturated carbocycles. The summed E-state index contributed by atoms with van der Waals surface area (Å²) in [6.07, 6.45) is 4.78. The predicted octanol–water partition coefficient (Wildman–Crippen LogP) is 2.58. The Bertz CT molecular complexity index is 741. The summed E-state index contributed by atoms with van der Waals surface area (Å²) in [4.78, 5) is 20.8. The van der Waals surface area contributed by atoms with Gasteiger partial charge in [0.05, 0.1) is 29.8 Å². The topological polar surface area (TPSA) is 54.5 Å². The quantitative estimate of drug-likeness (QED) is 0.796. The van der Waals surface area contributed by atoms with Crippen LogP contribution in [0.25, 0.3) is 0 Å². The van der Waals surface area contributed by atoms with Gasteiger partial charge in [0.15, 0.2) is 0 Å². The molecule has 1 N–H and O–H groups in total. The first-order chi connectivity index (χ1) is 13.3. The Morgan fingerprint density at radius 1 is 1.30 bits per heavy atom. The number of hydrogen-bond acceptors (Lipinski definition) is 5. The maximum atomic E-state index is 12.3. The van der Waals surface area contributed by atoms with Crippen LogP contribution in [0.5, 0.6) is 0 Å². The number of morpholine rings is 1. The lowest BCUT2D eigenvalue weighted by Crippen LogP contribution is -2.44. The predicted molar refractivity (Wildman–Crippen MR) is 107 cm³/mol. The molecular formula is C21H27N3O2S. The number of ether oxygens (including phenoxy) is 1. The van der Waals surface area contributed by atoms with E-state index in [9.17, 15) is 4.79 Å². The Balaban J connectivity index is 1.18. The number of carbonyl (C=O) groups is 1. The summed E-state index contributed by atoms with van der Waals surface area (Å²) in [5.74, 6) is 0.0747. The number of rotatable bonds is 7. The minimum absolute atomic E-state index is 0.0221. The molecule has 0 spiro atoms. The van der Waals surface area contributed by atoms with E-state index in [1.807, 2.05) is 17.4 Å². The highest BCUT2D eigenvalue weighted by Crippen LogP contribution is 2.27. The lowest BCUT2D eigenvalue weighted by atomic mass is 10.1. The molecule has 1 saturated heterocycles. The van der Waals surface area contributed by atoms with Gasteiger partial charge in [-0.3, -0.25) is 9.69 Å². The van der Waals surface area contributed by atoms with Crippen LogP contribution >= 0.6 is 11.3 Å². The zero-order valence-corrected chi connectivity index (χ0v) is 16.5. The molecule has 1 aliphatic carbocycles. The number of nitrogens with zero attached hydrogens (tertiary/aromatic N) is 2. The van der Waals surface area contributed by atoms with Crippen LogP contribution in [0, 0.1) is 0 Å². The average Bonchev–Trinajstić information content (AvgIpc) is 3.24. The molecule has 1 amide bonds. The molecule has 1 aromatic carbocycles. The molecule has 0 bridgehead atoms. The summed E-state index contributed by atoms with van der Waals surface area (Å²) in [6, 6.07) is 10.5. The van der Waals surface area contributed by atoms with Crippen molar-refractivity contribution in [1.29, 1.82) is 0 Å². The molecule has 2 heterocycles. The molecule has 0 unspecified atom stereocenters. The highest BCUT2D eigenvalue weighted by molar-refractivity contribution is 7.11. The standard InChI is InChI=1S/C21H27N3O2S/c25-20(22-10-9-21-23-18-7-4-8-19(18)27-21)13-17-15-24(11-12-26-17)14-16-5-2-1-3-6-16/h1-3,5-6,17H,4,7-15H2,(H,22,25)/t17-/m0/s1. The second-order valence-electron chi connectivity index (χ2n) is 7.35. The summed E-state index contributed by atoms with van der Waals surface area (Å²) in [7, 11) is 0. The van der Waals surface area contributed by atoms with Gasteiger partial charge < -0.3 is 10.1 Å². The third-order valence-corrected chi connectivity index (χ3v) is 6.40. The van der Waals surface area contributed by atoms with Crippen molar-refractivity contribution in [2.45, 2.75) is 44.8 Å². The normalized spacial score (nSPS) is 19.8. The number of carbonyl (C=O) groups excluding carboxylic acids is 1. The van der Waals surface area contributed by atoms with Crippen molar-refractivity contribution in [3.8, 4) is 0 Å². The van der Waals surface area contributed by atoms with Crippen LogP contribution < -0.4 is 5.32 Å². The van der Waals surface area contributed by atoms with E-state index >= 15 is 0 Å². The molecule has 1 aliphatic heterocycles. The fourth-order valence-corrected chi connectivity index (χ4v) is 4.98. The van der Waals surface area contributed by atoms with Crippen LogP contribution in [0.4, 0.5) is 0 Å². The summed E-state index contributed by atoms with van der Waals surface area (Å²) >= 11 is 1.82. The minimum Gasteiger partial charge on any atom is -0.375 e. The molecule has 4 rings (SSSR count). The summed E-state index contributed by atoms with van der Waals surface area (Å²) in [5.41, 5.74) is 2.59. The SMILES string of the molecule is O=C(C[C@H]1CN(Cc2ccccc2)CCO1)NCCc1nc2c(s1)CCC2. The first-order valence-electron chi connectivity index (χ1n) is 9.88. The minimum atomic E-state index is -0.0221. The van der Waals surface area contributed by atoms with Crippen LogP contribution in [-0.2, 0) is 35.3 Å². The van der Waals surface area contributed by atoms with E-state index in [0.29, 0.717) is 19.6 Å². The lowest BCUT2D eigenvalue weighted by molar-refractivity contribution is -0.126. The van der Waals surface area contributed by atoms with Gasteiger partial charge in [-0.2, -0.15) is 0 Å². The van der Waals surface area contributed by atoms with Gasteiger partial charge in [0.2, 0.25) is 5.91 Å². The maximum Gasteiger partial charge on any atom is 0.222 e. The first kappa shape index (κ1) is 18.6. The summed E-state index contributed by atoms with van der Waals surface area (Å²) < 4.78 is 5.81. The fraction of sp³-hybridized carbons (Fsp3) is 0.524. The third-order valence-electron chi connectivity index (χ3n) is 5.19. The molecule has 0 radical (unpaired) electrons. The van der Waals surface area contributed by atoms with Crippen molar-refractivity contribution in [2.75, 3.05) is 26.2 Å². The zero-order chi connectivity index (χ0) is 18.5. The van der Waals surface area contributed by atoms with E-state index in [-0.39, 0.29) is 12.0 Å². The summed E-state index contributed by atoms with van der Waals surface area (Å²) in [5, 5.41) is 4.19. The maximum absolute atomic E-state index is 12.3. The van der Waals surface area contributed by atoms with Crippen molar-refractivity contribution < 1.29 is 9.53 Å². The van der Waals surface area contributed by atoms with Gasteiger partial charge in [-0.05, 0) is 24.8 Å². The van der Waals surface area contributed by atoms with Crippen molar-refractivity contribution >= 4 is 17.2 Å². The largest absolute Gasteiger partial charge is 0.375 e. The van der Waals surface area contributed by atoms with Crippen molar-refractivity contribution in [2.24, 2.45) is 0 Å². The molecule has 27 heavy (non-hydrogen) atoms. The number of thiazole rings is 1. The van der Waals surface area contributed by atoms with E-state index in [4.69, 9.17) is 4.74 Å². The van der Waals surface area contributed by atoms with Gasteiger partial charge >= 0.3 is 0 Å². The Morgan fingerprint density at radius 3 is 3.04 bits per heavy atom. The van der Waals surface area contributed by atoms with Gasteiger partial charge in [0, 0.05) is 37.5 Å². The molecule has 2 aliphatic rings. The van der Waals surface area contributed by atoms with Gasteiger partial charge in [-0.25, -0.2) is 4.98 Å². The number of amides is 1. The second kappa shape index (κ2) is 8.95. The number of benzene rings is 1. The lowest BCUT2D eigenvalue weighted by Gasteiger charge is -2.32. The van der Waals surface area contributed by atoms with Gasteiger partial charge in [-0.15, -0.1) is 11.3 Å². The van der Waals surface area contributed by atoms with Crippen molar-refractivity contribution in [1.82, 2.24) is 15.2 Å². The molecule has 6 heteroatoms. The molecule has 2 aromatic rings. The number of nitrogens with one attached hydrogen (secondary N) is 1. The van der Waals surface area contributed by atoms with E-state index < -0.39 is 0 Å². The molecule has 1 aromatic heterocycles. The number of hydrogen-bond donors (Lipinski definition) is 1. The van der Waals surface area contributed by atoms with Gasteiger partial charge in [0.1, 0.15) is 0 Å². The van der Waals surface area contributed by atoms with E-state index in [2.05, 4.69) is 39.5 Å². The van der Waals surface area contributed by atoms with Crippen LogP contribution in [0.15, 0.2) is 30.3 Å². The van der Waals surface area contributed by atoms with E-state index in [0.717, 1.165) is 37.5 Å². The fourth-order valence-electron chi connectivity index (χ4n) is 3.83. The molecule has 5 nitrogen and oxygen atoms in total. The van der Waals surface area contributed by atoms with Crippen LogP contribution in [-0.4, -0.2) is 48.1 Å². The molecule has 1 fully saturated rings. The second-order valence-corrected chi connectivity index (χ2v) is 8.52. The van der Waals surface area contributed by atoms with Gasteiger partial charge in [0.25, 0.3) is 0 Å². The van der Waals surface area contributed by atoms with Crippen LogP contribution in [0.2, 0.25) is 0 Å². The smallest absolute Gasteiger partial charge is 0.222 e. The Morgan fingerprint density at radius 2 is 2.19 bits per heavy atom. The van der Waals surface area contributed by atoms with Crippen LogP contribution in [0.3, 0.4) is 0 Å². The average molecular weight is 386 g/mol. The Kier molecular flexibility index (Phi) is 6.17. The number of aromatic nitrogens is 1. The Labute approximate surface area is 164 Å². The summed E-state index contributed by atoms with van der Waals surface area (Å²) in [6.45, 7) is 3.99. The monoisotopic (exact) mass is 385 g/mol. The Hall–Kier alpha value is -1.76. The van der Waals surface area contributed by atoms with Crippen LogP contribution in [0.1, 0.15) is 34.0 Å². The molecular weight excluding hydrogens is 358 g/mol. The molecule has 144 valence electrons. The van der Waals surface area contributed by atoms with E-state index in [1.54, 1.807) is 0 Å². The highest BCUT2D eigenvalue weighted by atomic mass is 32.1. The number of aryl methyl sites for hydroxylation is 2. The molecule has 1 atom stereocenters. The van der Waals surface area contributed by atoms with Crippen molar-refractivity contribution in [3.05, 3.63) is 51.5 Å². The van der Waals surface area contributed by atoms with Crippen molar-refractivity contribution in [3.63, 3.8) is 0 Å². The third kappa shape index (κ3) is 5.15. The highest BCUT2D eigenvalue weighted by Gasteiger charge is 2.23. The van der Waals surface area contributed by atoms with E-state index in [1.165, 1.54) is 29.0 Å².